The van der Waals surface area contributed by atoms with Gasteiger partial charge in [-0.3, -0.25) is 0 Å². The molecular formula is C5H18AlN. The molecule has 0 rings (SSSR count). The fraction of sp³-hybridized carbons (Fsp3) is 1.00. The Balaban J connectivity index is -0.0000000480. The van der Waals surface area contributed by atoms with Gasteiger partial charge in [0, 0.05) is 0 Å². The smallest absolute Gasteiger partial charge is 0.187 e. The second-order valence-corrected chi connectivity index (χ2v) is 1.34. The average molecular weight is 119 g/mol. The van der Waals surface area contributed by atoms with Crippen molar-refractivity contribution >= 4 is 17.4 Å². The highest BCUT2D eigenvalue weighted by atomic mass is 27.0. The Morgan fingerprint density at radius 3 is 0.857 bits per heavy atom. The Bertz CT molecular complexity index is 12.8. The Kier molecular flexibility index (Phi) is 35.9. The molecule has 0 spiro atoms. The molecule has 0 aliphatic rings. The number of rotatable bonds is 0. The van der Waals surface area contributed by atoms with Crippen molar-refractivity contribution in [2.45, 2.75) is 13.8 Å². The lowest BCUT2D eigenvalue weighted by Gasteiger charge is -1.90. The lowest BCUT2D eigenvalue weighted by Crippen LogP contribution is -1.99. The first kappa shape index (κ1) is 15.6. The largest absolute Gasteiger partial charge is 0.312 e. The Morgan fingerprint density at radius 1 is 0.857 bits per heavy atom. The zero-order valence-corrected chi connectivity index (χ0v) is 5.45. The molecule has 0 bridgehead atoms. The zero-order chi connectivity index (χ0) is 5.58. The molecule has 0 saturated heterocycles. The summed E-state index contributed by atoms with van der Waals surface area (Å²) in [7, 11) is 6.00. The van der Waals surface area contributed by atoms with E-state index in [1.807, 2.05) is 39.9 Å². The van der Waals surface area contributed by atoms with Crippen molar-refractivity contribution in [3.8, 4) is 0 Å². The van der Waals surface area contributed by atoms with Crippen LogP contribution in [0.2, 0.25) is 0 Å². The fourth-order valence-corrected chi connectivity index (χ4v) is 0. The normalized spacial score (nSPS) is 6.00. The third-order valence-corrected chi connectivity index (χ3v) is 0. The molecule has 7 heavy (non-hydrogen) atoms. The lowest BCUT2D eigenvalue weighted by molar-refractivity contribution is 0.505. The van der Waals surface area contributed by atoms with Gasteiger partial charge in [-0.15, -0.1) is 0 Å². The summed E-state index contributed by atoms with van der Waals surface area (Å²) in [6, 6.07) is 0. The summed E-state index contributed by atoms with van der Waals surface area (Å²) in [5, 5.41) is 0. The Labute approximate surface area is 57.8 Å². The molecule has 0 N–H and O–H groups in total. The van der Waals surface area contributed by atoms with Gasteiger partial charge in [0.1, 0.15) is 0 Å². The average Bonchev–Trinajstić information content (AvgIpc) is 1.41. The van der Waals surface area contributed by atoms with Gasteiger partial charge in [0.15, 0.2) is 17.4 Å². The van der Waals surface area contributed by atoms with Gasteiger partial charge in [0.05, 0.1) is 0 Å². The van der Waals surface area contributed by atoms with Gasteiger partial charge in [-0.2, -0.15) is 0 Å². The molecule has 0 fully saturated rings. The SMILES string of the molecule is CC.CN(C)C.[AlH3]. The summed E-state index contributed by atoms with van der Waals surface area (Å²) in [6.45, 7) is 4.00. The lowest BCUT2D eigenvalue weighted by atomic mass is 11.0. The first-order chi connectivity index (χ1) is 2.73. The van der Waals surface area contributed by atoms with Crippen molar-refractivity contribution in [2.75, 3.05) is 21.1 Å². The fourth-order valence-electron chi connectivity index (χ4n) is 0. The van der Waals surface area contributed by atoms with E-state index in [1.54, 1.807) is 0 Å². The van der Waals surface area contributed by atoms with Crippen LogP contribution >= 0.6 is 0 Å². The third-order valence-electron chi connectivity index (χ3n) is 0. The highest BCUT2D eigenvalue weighted by molar-refractivity contribution is 5.75. The number of nitrogens with zero attached hydrogens (tertiary/aromatic N) is 1. The van der Waals surface area contributed by atoms with Gasteiger partial charge in [0.25, 0.3) is 0 Å². The molecule has 0 atom stereocenters. The van der Waals surface area contributed by atoms with Crippen LogP contribution in [0.1, 0.15) is 13.8 Å². The summed E-state index contributed by atoms with van der Waals surface area (Å²) in [5.41, 5.74) is 0. The molecule has 0 heterocycles. The van der Waals surface area contributed by atoms with Crippen LogP contribution in [0.3, 0.4) is 0 Å². The van der Waals surface area contributed by atoms with Crippen LogP contribution in [-0.4, -0.2) is 43.4 Å². The van der Waals surface area contributed by atoms with Crippen molar-refractivity contribution < 1.29 is 0 Å². The molecule has 0 saturated carbocycles. The maximum Gasteiger partial charge on any atom is 0.187 e. The van der Waals surface area contributed by atoms with E-state index in [0.29, 0.717) is 0 Å². The summed E-state index contributed by atoms with van der Waals surface area (Å²) >= 11 is 0. The van der Waals surface area contributed by atoms with Gasteiger partial charge in [-0.1, -0.05) is 13.8 Å². The summed E-state index contributed by atoms with van der Waals surface area (Å²) < 4.78 is 0. The van der Waals surface area contributed by atoms with E-state index >= 15 is 0 Å². The van der Waals surface area contributed by atoms with E-state index in [0.717, 1.165) is 0 Å². The summed E-state index contributed by atoms with van der Waals surface area (Å²) in [4.78, 5) is 2.00. The van der Waals surface area contributed by atoms with E-state index < -0.39 is 0 Å². The van der Waals surface area contributed by atoms with Gasteiger partial charge < -0.3 is 4.90 Å². The van der Waals surface area contributed by atoms with E-state index in [4.69, 9.17) is 0 Å². The predicted octanol–water partition coefficient (Wildman–Crippen LogP) is 0.0201. The van der Waals surface area contributed by atoms with Gasteiger partial charge in [0.2, 0.25) is 0 Å². The second kappa shape index (κ2) is 16.1. The third kappa shape index (κ3) is 540. The molecule has 2 heteroatoms. The van der Waals surface area contributed by atoms with Crippen LogP contribution in [0, 0.1) is 0 Å². The maximum absolute atomic E-state index is 2.00. The van der Waals surface area contributed by atoms with E-state index in [-0.39, 0.29) is 17.4 Å². The van der Waals surface area contributed by atoms with Gasteiger partial charge in [-0.05, 0) is 21.1 Å². The molecule has 0 amide bonds. The standard InChI is InChI=1S/C3H9N.C2H6.Al.3H/c1-4(2)3;1-2;;;;/h1-3H3;1-2H3;;;;. The molecule has 46 valence electrons. The van der Waals surface area contributed by atoms with Gasteiger partial charge >= 0.3 is 0 Å². The van der Waals surface area contributed by atoms with Crippen LogP contribution in [-0.2, 0) is 0 Å². The first-order valence-electron chi connectivity index (χ1n) is 2.34. The molecule has 0 aromatic heterocycles. The highest BCUT2D eigenvalue weighted by Gasteiger charge is 1.58. The van der Waals surface area contributed by atoms with E-state index in [9.17, 15) is 0 Å². The quantitative estimate of drug-likeness (QED) is 0.406. The van der Waals surface area contributed by atoms with E-state index in [1.165, 1.54) is 0 Å². The topological polar surface area (TPSA) is 3.24 Å². The Hall–Kier alpha value is 0.492. The molecule has 0 aromatic rings. The molecule has 0 aliphatic carbocycles. The number of hydrogen-bond acceptors (Lipinski definition) is 1. The minimum atomic E-state index is 0. The molecular weight excluding hydrogens is 101 g/mol. The van der Waals surface area contributed by atoms with Crippen molar-refractivity contribution in [1.29, 1.82) is 0 Å². The minimum Gasteiger partial charge on any atom is -0.312 e. The van der Waals surface area contributed by atoms with Crippen molar-refractivity contribution in [3.05, 3.63) is 0 Å². The maximum atomic E-state index is 2.00. The zero-order valence-electron chi connectivity index (χ0n) is 5.45. The number of hydrogen-bond donors (Lipinski definition) is 0. The summed E-state index contributed by atoms with van der Waals surface area (Å²) in [6.07, 6.45) is 0. The van der Waals surface area contributed by atoms with Gasteiger partial charge in [-0.25, -0.2) is 0 Å². The van der Waals surface area contributed by atoms with Crippen LogP contribution in [0.5, 0.6) is 0 Å². The highest BCUT2D eigenvalue weighted by Crippen LogP contribution is 1.47. The minimum absolute atomic E-state index is 0. The molecule has 0 aromatic carbocycles. The van der Waals surface area contributed by atoms with Crippen LogP contribution in [0.25, 0.3) is 0 Å². The molecule has 0 aliphatic heterocycles. The van der Waals surface area contributed by atoms with Crippen LogP contribution < -0.4 is 0 Å². The molecule has 1 nitrogen and oxygen atoms in total. The predicted molar refractivity (Wildman–Crippen MR) is 40.9 cm³/mol. The Morgan fingerprint density at radius 2 is 0.857 bits per heavy atom. The second-order valence-electron chi connectivity index (χ2n) is 1.34. The molecule has 0 radical (unpaired) electrons. The molecule has 0 unspecified atom stereocenters. The van der Waals surface area contributed by atoms with E-state index in [2.05, 4.69) is 0 Å². The van der Waals surface area contributed by atoms with Crippen LogP contribution in [0.4, 0.5) is 0 Å². The summed E-state index contributed by atoms with van der Waals surface area (Å²) in [5.74, 6) is 0. The monoisotopic (exact) mass is 119 g/mol. The van der Waals surface area contributed by atoms with Crippen molar-refractivity contribution in [1.82, 2.24) is 4.90 Å². The van der Waals surface area contributed by atoms with Crippen molar-refractivity contribution in [2.24, 2.45) is 0 Å². The first-order valence-corrected chi connectivity index (χ1v) is 2.34. The van der Waals surface area contributed by atoms with Crippen molar-refractivity contribution in [3.63, 3.8) is 0 Å². The van der Waals surface area contributed by atoms with Crippen LogP contribution in [0.15, 0.2) is 0 Å².